The summed E-state index contributed by atoms with van der Waals surface area (Å²) in [5.74, 6) is -0.858. The van der Waals surface area contributed by atoms with Gasteiger partial charge in [-0.2, -0.15) is 0 Å². The van der Waals surface area contributed by atoms with Gasteiger partial charge in [0.2, 0.25) is 0 Å². The molecule has 4 rings (SSSR count). The number of halogens is 2. The molecule has 1 fully saturated rings. The second kappa shape index (κ2) is 8.54. The number of carbonyl (C=O) groups is 2. The molecule has 0 spiro atoms. The van der Waals surface area contributed by atoms with Crippen molar-refractivity contribution < 1.29 is 18.9 Å². The van der Waals surface area contributed by atoms with E-state index in [9.17, 15) is 19.7 Å². The molecule has 11 heteroatoms. The lowest BCUT2D eigenvalue weighted by molar-refractivity contribution is -0.384. The monoisotopic (exact) mass is 487 g/mol. The van der Waals surface area contributed by atoms with E-state index in [4.69, 9.17) is 39.8 Å². The molecule has 3 aromatic rings. The first-order chi connectivity index (χ1) is 15.2. The molecule has 2 aromatic carbocycles. The Labute approximate surface area is 196 Å². The second-order valence-electron chi connectivity index (χ2n) is 6.59. The Morgan fingerprint density at radius 1 is 1.06 bits per heavy atom. The first kappa shape index (κ1) is 21.7. The van der Waals surface area contributed by atoms with Crippen molar-refractivity contribution in [2.45, 2.75) is 0 Å². The molecule has 0 aliphatic carbocycles. The molecule has 2 amide bonds. The number of nitro benzene ring substituents is 1. The Balaban J connectivity index is 1.68. The minimum Gasteiger partial charge on any atom is -0.457 e. The van der Waals surface area contributed by atoms with Gasteiger partial charge in [0.15, 0.2) is 5.11 Å². The number of carbonyl (C=O) groups excluding carboxylic acids is 2. The second-order valence-corrected chi connectivity index (χ2v) is 7.85. The number of anilines is 1. The SMILES string of the molecule is O=C1NC(=S)N(c2cc(Cl)cc(Cl)c2)C(=O)C1=Cc1ccc(-c2cccc([N+](=O)[O-])c2)o1. The molecule has 160 valence electrons. The highest BCUT2D eigenvalue weighted by atomic mass is 35.5. The molecule has 0 radical (unpaired) electrons. The predicted molar refractivity (Wildman–Crippen MR) is 123 cm³/mol. The highest BCUT2D eigenvalue weighted by molar-refractivity contribution is 7.80. The van der Waals surface area contributed by atoms with Crippen LogP contribution in [0.5, 0.6) is 0 Å². The Kier molecular flexibility index (Phi) is 5.79. The van der Waals surface area contributed by atoms with Gasteiger partial charge in [0.1, 0.15) is 17.1 Å². The molecule has 0 bridgehead atoms. The van der Waals surface area contributed by atoms with E-state index in [1.807, 2.05) is 0 Å². The largest absolute Gasteiger partial charge is 0.457 e. The number of benzene rings is 2. The number of furan rings is 1. The summed E-state index contributed by atoms with van der Waals surface area (Å²) in [6, 6.07) is 13.5. The average Bonchev–Trinajstić information content (AvgIpc) is 3.19. The van der Waals surface area contributed by atoms with E-state index in [1.54, 1.807) is 12.1 Å². The summed E-state index contributed by atoms with van der Waals surface area (Å²) in [6.45, 7) is 0. The zero-order chi connectivity index (χ0) is 23.0. The van der Waals surface area contributed by atoms with Crippen molar-refractivity contribution in [2.24, 2.45) is 0 Å². The van der Waals surface area contributed by atoms with E-state index >= 15 is 0 Å². The molecule has 1 aromatic heterocycles. The molecule has 0 atom stereocenters. The lowest BCUT2D eigenvalue weighted by Gasteiger charge is -2.29. The molecule has 2 heterocycles. The summed E-state index contributed by atoms with van der Waals surface area (Å²) in [4.78, 5) is 37.1. The number of nitrogens with one attached hydrogen (secondary N) is 1. The zero-order valence-corrected chi connectivity index (χ0v) is 18.2. The smallest absolute Gasteiger partial charge is 0.270 e. The minimum absolute atomic E-state index is 0.0926. The number of nitro groups is 1. The highest BCUT2D eigenvalue weighted by Gasteiger charge is 2.35. The van der Waals surface area contributed by atoms with Gasteiger partial charge in [0.05, 0.1) is 10.6 Å². The van der Waals surface area contributed by atoms with Crippen molar-refractivity contribution in [2.75, 3.05) is 4.90 Å². The molecule has 32 heavy (non-hydrogen) atoms. The topological polar surface area (TPSA) is 106 Å². The van der Waals surface area contributed by atoms with Gasteiger partial charge in [0.25, 0.3) is 17.5 Å². The van der Waals surface area contributed by atoms with Crippen LogP contribution in [0, 0.1) is 10.1 Å². The third kappa shape index (κ3) is 4.26. The fourth-order valence-corrected chi connectivity index (χ4v) is 3.86. The molecule has 0 unspecified atom stereocenters. The van der Waals surface area contributed by atoms with E-state index in [-0.39, 0.29) is 32.2 Å². The van der Waals surface area contributed by atoms with Gasteiger partial charge in [-0.05, 0) is 48.6 Å². The zero-order valence-electron chi connectivity index (χ0n) is 15.9. The van der Waals surface area contributed by atoms with E-state index < -0.39 is 16.7 Å². The molecule has 1 saturated heterocycles. The first-order valence-corrected chi connectivity index (χ1v) is 10.1. The van der Waals surface area contributed by atoms with Crippen LogP contribution in [-0.4, -0.2) is 21.9 Å². The van der Waals surface area contributed by atoms with Crippen LogP contribution in [0.2, 0.25) is 10.0 Å². The van der Waals surface area contributed by atoms with Gasteiger partial charge in [0, 0.05) is 27.7 Å². The number of amides is 2. The number of hydrogen-bond acceptors (Lipinski definition) is 6. The van der Waals surface area contributed by atoms with Gasteiger partial charge >= 0.3 is 0 Å². The molecular weight excluding hydrogens is 477 g/mol. The lowest BCUT2D eigenvalue weighted by Crippen LogP contribution is -2.54. The van der Waals surface area contributed by atoms with Crippen molar-refractivity contribution in [3.63, 3.8) is 0 Å². The summed E-state index contributed by atoms with van der Waals surface area (Å²) in [6.07, 6.45) is 1.26. The van der Waals surface area contributed by atoms with Crippen molar-refractivity contribution in [1.29, 1.82) is 0 Å². The standard InChI is InChI=1S/C21H11Cl2N3O5S/c22-12-7-13(23)9-15(8-12)25-20(28)17(19(27)24-21(25)32)10-16-4-5-18(31-16)11-2-1-3-14(6-11)26(29)30/h1-10H,(H,24,27,32). The summed E-state index contributed by atoms with van der Waals surface area (Å²) in [7, 11) is 0. The van der Waals surface area contributed by atoms with Crippen molar-refractivity contribution >= 4 is 69.8 Å². The summed E-state index contributed by atoms with van der Waals surface area (Å²) in [5.41, 5.74) is 0.444. The van der Waals surface area contributed by atoms with Gasteiger partial charge in [-0.3, -0.25) is 29.9 Å². The van der Waals surface area contributed by atoms with Gasteiger partial charge in [-0.25, -0.2) is 0 Å². The summed E-state index contributed by atoms with van der Waals surface area (Å²) in [5, 5.41) is 13.9. The van der Waals surface area contributed by atoms with Crippen LogP contribution in [0.4, 0.5) is 11.4 Å². The Bertz CT molecular complexity index is 1310. The highest BCUT2D eigenvalue weighted by Crippen LogP contribution is 2.30. The third-order valence-corrected chi connectivity index (χ3v) is 5.18. The lowest BCUT2D eigenvalue weighted by atomic mass is 10.1. The van der Waals surface area contributed by atoms with Crippen LogP contribution < -0.4 is 10.2 Å². The summed E-state index contributed by atoms with van der Waals surface area (Å²) < 4.78 is 5.69. The summed E-state index contributed by atoms with van der Waals surface area (Å²) >= 11 is 17.2. The van der Waals surface area contributed by atoms with Gasteiger partial charge in [-0.15, -0.1) is 0 Å². The number of thiocarbonyl (C=S) groups is 1. The van der Waals surface area contributed by atoms with Crippen molar-refractivity contribution in [3.05, 3.63) is 86.1 Å². The molecule has 1 aliphatic heterocycles. The minimum atomic E-state index is -0.697. The number of rotatable bonds is 4. The maximum atomic E-state index is 13.1. The van der Waals surface area contributed by atoms with Crippen LogP contribution >= 0.6 is 35.4 Å². The third-order valence-electron chi connectivity index (χ3n) is 4.46. The van der Waals surface area contributed by atoms with Crippen molar-refractivity contribution in [3.8, 4) is 11.3 Å². The van der Waals surface area contributed by atoms with Crippen LogP contribution in [0.15, 0.2) is 64.6 Å². The first-order valence-electron chi connectivity index (χ1n) is 8.95. The van der Waals surface area contributed by atoms with Crippen LogP contribution in [0.1, 0.15) is 5.76 Å². The van der Waals surface area contributed by atoms with Crippen LogP contribution in [-0.2, 0) is 9.59 Å². The molecule has 1 aliphatic rings. The fourth-order valence-electron chi connectivity index (χ4n) is 3.06. The normalized spacial score (nSPS) is 15.2. The van der Waals surface area contributed by atoms with E-state index in [0.29, 0.717) is 17.0 Å². The van der Waals surface area contributed by atoms with Crippen molar-refractivity contribution in [1.82, 2.24) is 5.32 Å². The quantitative estimate of drug-likeness (QED) is 0.182. The fraction of sp³-hybridized carbons (Fsp3) is 0. The number of nitrogens with zero attached hydrogens (tertiary/aromatic N) is 2. The Morgan fingerprint density at radius 3 is 2.47 bits per heavy atom. The maximum Gasteiger partial charge on any atom is 0.270 e. The van der Waals surface area contributed by atoms with Gasteiger partial charge in [-0.1, -0.05) is 35.3 Å². The molecular formula is C21H11Cl2N3O5S. The van der Waals surface area contributed by atoms with Crippen LogP contribution in [0.3, 0.4) is 0 Å². The Hall–Kier alpha value is -3.53. The molecule has 0 saturated carbocycles. The van der Waals surface area contributed by atoms with Crippen LogP contribution in [0.25, 0.3) is 17.4 Å². The van der Waals surface area contributed by atoms with E-state index in [1.165, 1.54) is 48.5 Å². The maximum absolute atomic E-state index is 13.1. The van der Waals surface area contributed by atoms with E-state index in [2.05, 4.69) is 5.32 Å². The van der Waals surface area contributed by atoms with E-state index in [0.717, 1.165) is 4.90 Å². The molecule has 8 nitrogen and oxygen atoms in total. The number of non-ortho nitro benzene ring substituents is 1. The Morgan fingerprint density at radius 2 is 1.78 bits per heavy atom. The average molecular weight is 488 g/mol. The predicted octanol–water partition coefficient (Wildman–Crippen LogP) is 4.99. The van der Waals surface area contributed by atoms with Gasteiger partial charge < -0.3 is 4.42 Å². The number of hydrogen-bond donors (Lipinski definition) is 1. The molecule has 1 N–H and O–H groups in total.